The molecule has 2 amide bonds. The summed E-state index contributed by atoms with van der Waals surface area (Å²) >= 11 is 0. The number of hydrogen-bond acceptors (Lipinski definition) is 3. The molecule has 0 radical (unpaired) electrons. The van der Waals surface area contributed by atoms with Gasteiger partial charge in [-0.25, -0.2) is 4.39 Å². The van der Waals surface area contributed by atoms with Crippen LogP contribution in [0, 0.1) is 11.7 Å². The quantitative estimate of drug-likeness (QED) is 0.809. The number of carbonyl (C=O) groups excluding carboxylic acids is 2. The van der Waals surface area contributed by atoms with Gasteiger partial charge in [0.15, 0.2) is 0 Å². The van der Waals surface area contributed by atoms with Crippen LogP contribution in [-0.4, -0.2) is 47.8 Å². The Morgan fingerprint density at radius 1 is 1.04 bits per heavy atom. The Morgan fingerprint density at radius 3 is 2.37 bits per heavy atom. The van der Waals surface area contributed by atoms with Crippen LogP contribution in [0.2, 0.25) is 0 Å². The fourth-order valence-electron chi connectivity index (χ4n) is 3.25. The molecule has 0 spiro atoms. The van der Waals surface area contributed by atoms with Gasteiger partial charge in [-0.2, -0.15) is 0 Å². The summed E-state index contributed by atoms with van der Waals surface area (Å²) < 4.78 is 19.5. The maximum atomic E-state index is 13.8. The molecule has 0 unspecified atom stereocenters. The highest BCUT2D eigenvalue weighted by Gasteiger charge is 2.25. The lowest BCUT2D eigenvalue weighted by Gasteiger charge is -2.35. The van der Waals surface area contributed by atoms with Crippen molar-refractivity contribution in [2.45, 2.75) is 26.7 Å². The number of benzene rings is 1. The molecule has 0 bridgehead atoms. The van der Waals surface area contributed by atoms with Crippen molar-refractivity contribution < 1.29 is 18.4 Å². The number of nitrogens with zero attached hydrogens (tertiary/aromatic N) is 2. The highest BCUT2D eigenvalue weighted by molar-refractivity contribution is 5.79. The van der Waals surface area contributed by atoms with Crippen molar-refractivity contribution in [1.29, 1.82) is 0 Å². The molecule has 1 aliphatic heterocycles. The summed E-state index contributed by atoms with van der Waals surface area (Å²) in [7, 11) is 0. The Hall–Kier alpha value is -2.63. The molecule has 6 heteroatoms. The molecular formula is C21H25FN2O3. The monoisotopic (exact) mass is 372 g/mol. The van der Waals surface area contributed by atoms with Crippen LogP contribution < -0.4 is 0 Å². The zero-order valence-corrected chi connectivity index (χ0v) is 15.8. The van der Waals surface area contributed by atoms with Crippen LogP contribution in [0.4, 0.5) is 4.39 Å². The summed E-state index contributed by atoms with van der Waals surface area (Å²) in [6.07, 6.45) is 0.806. The highest BCUT2D eigenvalue weighted by atomic mass is 19.1. The van der Waals surface area contributed by atoms with Crippen molar-refractivity contribution in [3.05, 3.63) is 48.0 Å². The van der Waals surface area contributed by atoms with Gasteiger partial charge in [-0.3, -0.25) is 9.59 Å². The first kappa shape index (κ1) is 19.1. The Bertz CT molecular complexity index is 807. The van der Waals surface area contributed by atoms with Gasteiger partial charge in [-0.15, -0.1) is 0 Å². The fourth-order valence-corrected chi connectivity index (χ4v) is 3.25. The third-order valence-electron chi connectivity index (χ3n) is 4.82. The Labute approximate surface area is 158 Å². The Balaban J connectivity index is 1.51. The van der Waals surface area contributed by atoms with Crippen LogP contribution in [0.1, 0.15) is 26.0 Å². The zero-order valence-electron chi connectivity index (χ0n) is 15.8. The zero-order chi connectivity index (χ0) is 19.4. The van der Waals surface area contributed by atoms with E-state index < -0.39 is 0 Å². The van der Waals surface area contributed by atoms with Crippen LogP contribution in [0.15, 0.2) is 40.8 Å². The van der Waals surface area contributed by atoms with Crippen molar-refractivity contribution in [1.82, 2.24) is 9.80 Å². The second kappa shape index (κ2) is 8.37. The van der Waals surface area contributed by atoms with Crippen LogP contribution in [-0.2, 0) is 16.0 Å². The van der Waals surface area contributed by atoms with Crippen LogP contribution in [0.3, 0.4) is 0 Å². The van der Waals surface area contributed by atoms with Crippen molar-refractivity contribution in [3.8, 4) is 11.3 Å². The van der Waals surface area contributed by atoms with E-state index in [0.29, 0.717) is 56.1 Å². The Kier molecular flexibility index (Phi) is 5.94. The SMILES string of the molecule is CC(C)C(=O)N1CCN(C(=O)CCc2ccc(-c3ccccc3F)o2)CC1. The van der Waals surface area contributed by atoms with Crippen LogP contribution in [0.5, 0.6) is 0 Å². The molecule has 0 N–H and O–H groups in total. The molecule has 1 aliphatic rings. The van der Waals surface area contributed by atoms with E-state index >= 15 is 0 Å². The number of amides is 2. The number of halogens is 1. The molecule has 1 fully saturated rings. The summed E-state index contributed by atoms with van der Waals surface area (Å²) in [5.74, 6) is 0.971. The van der Waals surface area contributed by atoms with Gasteiger partial charge in [0.25, 0.3) is 0 Å². The van der Waals surface area contributed by atoms with Crippen molar-refractivity contribution in [3.63, 3.8) is 0 Å². The summed E-state index contributed by atoms with van der Waals surface area (Å²) in [5, 5.41) is 0. The number of furan rings is 1. The van der Waals surface area contributed by atoms with Gasteiger partial charge >= 0.3 is 0 Å². The average molecular weight is 372 g/mol. The summed E-state index contributed by atoms with van der Waals surface area (Å²) in [4.78, 5) is 28.1. The number of piperazine rings is 1. The fraction of sp³-hybridized carbons (Fsp3) is 0.429. The normalized spacial score (nSPS) is 14.7. The molecular weight excluding hydrogens is 347 g/mol. The van der Waals surface area contributed by atoms with Crippen LogP contribution >= 0.6 is 0 Å². The summed E-state index contributed by atoms with van der Waals surface area (Å²) in [6, 6.07) is 9.97. The third-order valence-corrected chi connectivity index (χ3v) is 4.82. The minimum Gasteiger partial charge on any atom is -0.461 e. The lowest BCUT2D eigenvalue weighted by molar-refractivity contribution is -0.141. The number of carbonyl (C=O) groups is 2. The predicted molar refractivity (Wildman–Crippen MR) is 100 cm³/mol. The first-order valence-corrected chi connectivity index (χ1v) is 9.36. The van der Waals surface area contributed by atoms with E-state index in [4.69, 9.17) is 4.42 Å². The standard InChI is InChI=1S/C21H25FN2O3/c1-15(2)21(26)24-13-11-23(12-14-24)20(25)10-8-16-7-9-19(27-16)17-5-3-4-6-18(17)22/h3-7,9,15H,8,10-14H2,1-2H3. The average Bonchev–Trinajstić information content (AvgIpc) is 3.14. The van der Waals surface area contributed by atoms with E-state index in [2.05, 4.69) is 0 Å². The molecule has 5 nitrogen and oxygen atoms in total. The summed E-state index contributed by atoms with van der Waals surface area (Å²) in [6.45, 7) is 6.07. The molecule has 144 valence electrons. The lowest BCUT2D eigenvalue weighted by atomic mass is 10.1. The summed E-state index contributed by atoms with van der Waals surface area (Å²) in [5.41, 5.74) is 0.418. The number of aryl methyl sites for hydroxylation is 1. The van der Waals surface area contributed by atoms with Crippen LogP contribution in [0.25, 0.3) is 11.3 Å². The lowest BCUT2D eigenvalue weighted by Crippen LogP contribution is -2.51. The van der Waals surface area contributed by atoms with Gasteiger partial charge in [-0.05, 0) is 24.3 Å². The molecule has 1 saturated heterocycles. The largest absolute Gasteiger partial charge is 0.461 e. The first-order chi connectivity index (χ1) is 13.0. The van der Waals surface area contributed by atoms with E-state index in [-0.39, 0.29) is 23.5 Å². The molecule has 0 saturated carbocycles. The van der Waals surface area contributed by atoms with E-state index in [1.54, 1.807) is 35.2 Å². The second-order valence-corrected chi connectivity index (χ2v) is 7.11. The van der Waals surface area contributed by atoms with Gasteiger partial charge < -0.3 is 14.2 Å². The molecule has 2 aromatic rings. The van der Waals surface area contributed by atoms with Crippen molar-refractivity contribution in [2.24, 2.45) is 5.92 Å². The minimum atomic E-state index is -0.330. The molecule has 1 aromatic heterocycles. The minimum absolute atomic E-state index is 0.0187. The molecule has 1 aromatic carbocycles. The predicted octanol–water partition coefficient (Wildman–Crippen LogP) is 3.35. The van der Waals surface area contributed by atoms with E-state index in [0.717, 1.165) is 0 Å². The Morgan fingerprint density at radius 2 is 1.70 bits per heavy atom. The second-order valence-electron chi connectivity index (χ2n) is 7.11. The van der Waals surface area contributed by atoms with Gasteiger partial charge in [0.1, 0.15) is 17.3 Å². The molecule has 2 heterocycles. The van der Waals surface area contributed by atoms with Gasteiger partial charge in [0.2, 0.25) is 11.8 Å². The molecule has 3 rings (SSSR count). The van der Waals surface area contributed by atoms with Gasteiger partial charge in [-0.1, -0.05) is 26.0 Å². The number of hydrogen-bond donors (Lipinski definition) is 0. The maximum Gasteiger partial charge on any atom is 0.225 e. The first-order valence-electron chi connectivity index (χ1n) is 9.36. The molecule has 0 atom stereocenters. The topological polar surface area (TPSA) is 53.8 Å². The highest BCUT2D eigenvalue weighted by Crippen LogP contribution is 2.25. The van der Waals surface area contributed by atoms with Gasteiger partial charge in [0, 0.05) is 44.9 Å². The molecule has 27 heavy (non-hydrogen) atoms. The number of rotatable bonds is 5. The van der Waals surface area contributed by atoms with E-state index in [1.165, 1.54) is 6.07 Å². The maximum absolute atomic E-state index is 13.8. The smallest absolute Gasteiger partial charge is 0.225 e. The molecule has 0 aliphatic carbocycles. The van der Waals surface area contributed by atoms with E-state index in [1.807, 2.05) is 18.7 Å². The van der Waals surface area contributed by atoms with Crippen molar-refractivity contribution in [2.75, 3.05) is 26.2 Å². The van der Waals surface area contributed by atoms with E-state index in [9.17, 15) is 14.0 Å². The van der Waals surface area contributed by atoms with Gasteiger partial charge in [0.05, 0.1) is 5.56 Å². The third kappa shape index (κ3) is 4.56. The van der Waals surface area contributed by atoms with Crippen molar-refractivity contribution >= 4 is 11.8 Å².